The first-order valence-corrected chi connectivity index (χ1v) is 9.70. The van der Waals surface area contributed by atoms with Crippen LogP contribution in [0.15, 0.2) is 36.4 Å². The maximum Gasteiger partial charge on any atom is 0.339 e. The number of hydrogen-bond donors (Lipinski definition) is 1. The number of carbonyl (C=O) groups is 2. The molecular formula is C22H24N2O6. The van der Waals surface area contributed by atoms with Gasteiger partial charge in [-0.3, -0.25) is 0 Å². The summed E-state index contributed by atoms with van der Waals surface area (Å²) in [6.07, 6.45) is 1.41. The van der Waals surface area contributed by atoms with Crippen LogP contribution < -0.4 is 19.5 Å². The van der Waals surface area contributed by atoms with E-state index in [-0.39, 0.29) is 12.0 Å². The monoisotopic (exact) mass is 412 g/mol. The van der Waals surface area contributed by atoms with Crippen LogP contribution in [0, 0.1) is 0 Å². The molecule has 1 unspecified atom stereocenters. The number of likely N-dealkylation sites (tertiary alicyclic amines) is 1. The average Bonchev–Trinajstić information content (AvgIpc) is 3.04. The van der Waals surface area contributed by atoms with E-state index in [4.69, 9.17) is 18.9 Å². The number of nitrogens with one attached hydrogen (secondary N) is 1. The number of benzene rings is 2. The number of ether oxygens (including phenoxy) is 4. The van der Waals surface area contributed by atoms with Crippen molar-refractivity contribution >= 4 is 17.7 Å². The third-order valence-corrected chi connectivity index (χ3v) is 5.58. The highest BCUT2D eigenvalue weighted by Crippen LogP contribution is 2.43. The molecule has 0 aliphatic carbocycles. The first-order chi connectivity index (χ1) is 14.5. The zero-order chi connectivity index (χ0) is 21.3. The van der Waals surface area contributed by atoms with E-state index in [0.717, 1.165) is 12.0 Å². The smallest absolute Gasteiger partial charge is 0.339 e. The van der Waals surface area contributed by atoms with Gasteiger partial charge in [0, 0.05) is 24.2 Å². The number of hydrogen-bond acceptors (Lipinski definition) is 6. The van der Waals surface area contributed by atoms with E-state index in [2.05, 4.69) is 5.32 Å². The van der Waals surface area contributed by atoms with E-state index in [1.54, 1.807) is 23.1 Å². The lowest BCUT2D eigenvalue weighted by molar-refractivity contribution is -0.0400. The molecule has 2 aromatic carbocycles. The number of piperidine rings is 1. The van der Waals surface area contributed by atoms with Gasteiger partial charge in [-0.25, -0.2) is 9.59 Å². The SMILES string of the molecule is COc1cc(NC(=O)N2CCCC3(C2)OC(=O)c2ccccc23)cc(OC)c1OC. The van der Waals surface area contributed by atoms with E-state index in [0.29, 0.717) is 48.0 Å². The van der Waals surface area contributed by atoms with Gasteiger partial charge in [0.05, 0.1) is 39.1 Å². The van der Waals surface area contributed by atoms with Crippen LogP contribution in [0.1, 0.15) is 28.8 Å². The van der Waals surface area contributed by atoms with Crippen molar-refractivity contribution in [3.63, 3.8) is 0 Å². The van der Waals surface area contributed by atoms with Crippen molar-refractivity contribution in [2.75, 3.05) is 39.7 Å². The van der Waals surface area contributed by atoms with Crippen molar-refractivity contribution in [2.45, 2.75) is 18.4 Å². The molecule has 2 aliphatic heterocycles. The zero-order valence-corrected chi connectivity index (χ0v) is 17.2. The van der Waals surface area contributed by atoms with Crippen LogP contribution in [0.25, 0.3) is 0 Å². The Morgan fingerprint density at radius 2 is 1.80 bits per heavy atom. The molecule has 0 radical (unpaired) electrons. The van der Waals surface area contributed by atoms with Gasteiger partial charge in [0.2, 0.25) is 5.75 Å². The van der Waals surface area contributed by atoms with Crippen molar-refractivity contribution < 1.29 is 28.5 Å². The molecule has 30 heavy (non-hydrogen) atoms. The molecule has 0 bridgehead atoms. The van der Waals surface area contributed by atoms with Gasteiger partial charge in [-0.15, -0.1) is 0 Å². The summed E-state index contributed by atoms with van der Waals surface area (Å²) in [5, 5.41) is 2.88. The van der Waals surface area contributed by atoms with Crippen LogP contribution in [0.4, 0.5) is 10.5 Å². The molecule has 4 rings (SSSR count). The Labute approximate surface area is 174 Å². The highest BCUT2D eigenvalue weighted by molar-refractivity contribution is 5.95. The number of fused-ring (bicyclic) bond motifs is 2. The minimum absolute atomic E-state index is 0.288. The third kappa shape index (κ3) is 3.28. The summed E-state index contributed by atoms with van der Waals surface area (Å²) in [5.41, 5.74) is 1.14. The van der Waals surface area contributed by atoms with Gasteiger partial charge in [0.25, 0.3) is 0 Å². The zero-order valence-electron chi connectivity index (χ0n) is 17.2. The summed E-state index contributed by atoms with van der Waals surface area (Å²) >= 11 is 0. The molecule has 158 valence electrons. The van der Waals surface area contributed by atoms with Gasteiger partial charge in [-0.1, -0.05) is 18.2 Å². The summed E-state index contributed by atoms with van der Waals surface area (Å²) in [4.78, 5) is 27.0. The largest absolute Gasteiger partial charge is 0.493 e. The fourth-order valence-corrected chi connectivity index (χ4v) is 4.20. The number of nitrogens with zero attached hydrogens (tertiary/aromatic N) is 1. The summed E-state index contributed by atoms with van der Waals surface area (Å²) in [5.74, 6) is 1.00. The number of methoxy groups -OCH3 is 3. The van der Waals surface area contributed by atoms with Gasteiger partial charge >= 0.3 is 12.0 Å². The molecule has 1 atom stereocenters. The van der Waals surface area contributed by atoms with E-state index in [9.17, 15) is 9.59 Å². The molecule has 0 aromatic heterocycles. The van der Waals surface area contributed by atoms with Gasteiger partial charge in [-0.2, -0.15) is 0 Å². The fourth-order valence-electron chi connectivity index (χ4n) is 4.20. The number of amides is 2. The maximum absolute atomic E-state index is 13.0. The predicted octanol–water partition coefficient (Wildman–Crippen LogP) is 3.41. The second-order valence-electron chi connectivity index (χ2n) is 7.30. The Morgan fingerprint density at radius 3 is 2.47 bits per heavy atom. The molecule has 8 heteroatoms. The van der Waals surface area contributed by atoms with Crippen LogP contribution in [0.3, 0.4) is 0 Å². The molecule has 1 fully saturated rings. The molecule has 2 amide bonds. The Morgan fingerprint density at radius 1 is 1.10 bits per heavy atom. The number of rotatable bonds is 4. The van der Waals surface area contributed by atoms with E-state index in [1.807, 2.05) is 18.2 Å². The molecule has 1 saturated heterocycles. The first-order valence-electron chi connectivity index (χ1n) is 9.70. The van der Waals surface area contributed by atoms with Gasteiger partial charge in [0.1, 0.15) is 0 Å². The Hall–Kier alpha value is -3.42. The lowest BCUT2D eigenvalue weighted by atomic mass is 9.85. The molecule has 1 N–H and O–H groups in total. The minimum atomic E-state index is -0.793. The van der Waals surface area contributed by atoms with Crippen molar-refractivity contribution in [3.05, 3.63) is 47.5 Å². The quantitative estimate of drug-likeness (QED) is 0.775. The Balaban J connectivity index is 1.56. The van der Waals surface area contributed by atoms with E-state index < -0.39 is 5.60 Å². The van der Waals surface area contributed by atoms with E-state index >= 15 is 0 Å². The molecular weight excluding hydrogens is 388 g/mol. The van der Waals surface area contributed by atoms with Crippen molar-refractivity contribution in [1.82, 2.24) is 4.90 Å². The van der Waals surface area contributed by atoms with Crippen molar-refractivity contribution in [1.29, 1.82) is 0 Å². The highest BCUT2D eigenvalue weighted by atomic mass is 16.6. The molecule has 2 heterocycles. The van der Waals surface area contributed by atoms with Crippen LogP contribution in [0.5, 0.6) is 17.2 Å². The standard InChI is InChI=1S/C22H24N2O6/c1-27-17-11-14(12-18(28-2)19(17)29-3)23-21(26)24-10-6-9-22(13-24)16-8-5-4-7-15(16)20(25)30-22/h4-5,7-8,11-12H,6,9-10,13H2,1-3H3,(H,23,26). The Bertz CT molecular complexity index is 966. The minimum Gasteiger partial charge on any atom is -0.493 e. The molecule has 2 aromatic rings. The number of anilines is 1. The molecule has 1 spiro atoms. The van der Waals surface area contributed by atoms with E-state index in [1.165, 1.54) is 21.3 Å². The number of urea groups is 1. The Kier molecular flexibility index (Phi) is 5.15. The molecule has 2 aliphatic rings. The van der Waals surface area contributed by atoms with Crippen molar-refractivity contribution in [2.24, 2.45) is 0 Å². The lowest BCUT2D eigenvalue weighted by Gasteiger charge is -2.39. The second kappa shape index (κ2) is 7.78. The van der Waals surface area contributed by atoms with Gasteiger partial charge in [0.15, 0.2) is 17.1 Å². The summed E-state index contributed by atoms with van der Waals surface area (Å²) < 4.78 is 21.8. The van der Waals surface area contributed by atoms with Crippen LogP contribution >= 0.6 is 0 Å². The topological polar surface area (TPSA) is 86.3 Å². The van der Waals surface area contributed by atoms with Crippen LogP contribution in [-0.2, 0) is 10.3 Å². The molecule has 0 saturated carbocycles. The first kappa shape index (κ1) is 19.9. The average molecular weight is 412 g/mol. The maximum atomic E-state index is 13.0. The van der Waals surface area contributed by atoms with Crippen molar-refractivity contribution in [3.8, 4) is 17.2 Å². The summed E-state index contributed by atoms with van der Waals surface area (Å²) in [7, 11) is 4.55. The summed E-state index contributed by atoms with van der Waals surface area (Å²) in [6.45, 7) is 0.865. The predicted molar refractivity (Wildman–Crippen MR) is 109 cm³/mol. The molecule has 8 nitrogen and oxygen atoms in total. The lowest BCUT2D eigenvalue weighted by Crippen LogP contribution is -2.50. The van der Waals surface area contributed by atoms with Crippen LogP contribution in [-0.4, -0.2) is 51.3 Å². The van der Waals surface area contributed by atoms with Gasteiger partial charge < -0.3 is 29.2 Å². The highest BCUT2D eigenvalue weighted by Gasteiger charge is 2.48. The summed E-state index contributed by atoms with van der Waals surface area (Å²) in [6, 6.07) is 10.4. The van der Waals surface area contributed by atoms with Gasteiger partial charge in [-0.05, 0) is 18.9 Å². The van der Waals surface area contributed by atoms with Crippen LogP contribution in [0.2, 0.25) is 0 Å². The number of esters is 1. The third-order valence-electron chi connectivity index (χ3n) is 5.58. The number of carbonyl (C=O) groups excluding carboxylic acids is 2. The second-order valence-corrected chi connectivity index (χ2v) is 7.30. The normalized spacial score (nSPS) is 19.8. The fraction of sp³-hybridized carbons (Fsp3) is 0.364.